The first-order chi connectivity index (χ1) is 11.8. The van der Waals surface area contributed by atoms with Gasteiger partial charge in [-0.05, 0) is 68.1 Å². The van der Waals surface area contributed by atoms with E-state index in [1.165, 1.54) is 22.9 Å². The highest BCUT2D eigenvalue weighted by atomic mass is 32.2. The van der Waals surface area contributed by atoms with E-state index in [-0.39, 0.29) is 18.3 Å². The van der Waals surface area contributed by atoms with E-state index in [0.717, 1.165) is 21.7 Å². The van der Waals surface area contributed by atoms with E-state index in [2.05, 4.69) is 5.32 Å². The molecule has 4 nitrogen and oxygen atoms in total. The van der Waals surface area contributed by atoms with E-state index in [9.17, 15) is 9.59 Å². The van der Waals surface area contributed by atoms with Crippen molar-refractivity contribution in [2.75, 3.05) is 17.7 Å². The molecule has 132 valence electrons. The third-order valence-corrected chi connectivity index (χ3v) is 4.83. The molecule has 0 spiro atoms. The summed E-state index contributed by atoms with van der Waals surface area (Å²) in [6.45, 7) is 7.68. The van der Waals surface area contributed by atoms with Crippen LogP contribution in [0.15, 0.2) is 41.3 Å². The Labute approximate surface area is 153 Å². The van der Waals surface area contributed by atoms with E-state index in [1.54, 1.807) is 0 Å². The molecule has 25 heavy (non-hydrogen) atoms. The van der Waals surface area contributed by atoms with Gasteiger partial charge in [0.1, 0.15) is 0 Å². The van der Waals surface area contributed by atoms with Crippen LogP contribution in [0.1, 0.15) is 22.3 Å². The van der Waals surface area contributed by atoms with E-state index in [4.69, 9.17) is 4.74 Å². The molecule has 1 amide bonds. The summed E-state index contributed by atoms with van der Waals surface area (Å²) in [5.41, 5.74) is 5.17. The largest absolute Gasteiger partial charge is 0.455 e. The summed E-state index contributed by atoms with van der Waals surface area (Å²) in [4.78, 5) is 24.8. The number of amides is 1. The lowest BCUT2D eigenvalue weighted by atomic mass is 10.1. The van der Waals surface area contributed by atoms with Crippen LogP contribution in [0.25, 0.3) is 0 Å². The Balaban J connectivity index is 1.78. The van der Waals surface area contributed by atoms with Crippen LogP contribution < -0.4 is 5.32 Å². The standard InChI is InChI=1S/C20H23NO3S/c1-13-5-6-15(3)18(9-13)21-19(22)11-24-20(23)12-25-17-8-7-14(2)16(4)10-17/h5-10H,11-12H2,1-4H3,(H,21,22). The molecule has 0 aliphatic rings. The number of nitrogens with one attached hydrogen (secondary N) is 1. The molecule has 0 unspecified atom stereocenters. The molecule has 0 aliphatic carbocycles. The van der Waals surface area contributed by atoms with Gasteiger partial charge in [-0.3, -0.25) is 9.59 Å². The summed E-state index contributed by atoms with van der Waals surface area (Å²) in [6, 6.07) is 11.9. The van der Waals surface area contributed by atoms with Gasteiger partial charge in [-0.1, -0.05) is 18.2 Å². The van der Waals surface area contributed by atoms with Crippen LogP contribution in [0.2, 0.25) is 0 Å². The molecule has 1 N–H and O–H groups in total. The highest BCUT2D eigenvalue weighted by molar-refractivity contribution is 8.00. The third-order valence-electron chi connectivity index (χ3n) is 3.87. The maximum atomic E-state index is 11.9. The van der Waals surface area contributed by atoms with E-state index in [1.807, 2.05) is 64.1 Å². The Morgan fingerprint density at radius 2 is 1.68 bits per heavy atom. The first kappa shape index (κ1) is 19.1. The Hall–Kier alpha value is -2.27. The Morgan fingerprint density at radius 3 is 2.40 bits per heavy atom. The molecule has 0 atom stereocenters. The molecule has 0 bridgehead atoms. The topological polar surface area (TPSA) is 55.4 Å². The maximum Gasteiger partial charge on any atom is 0.316 e. The molecule has 5 heteroatoms. The summed E-state index contributed by atoms with van der Waals surface area (Å²) in [5, 5.41) is 2.77. The lowest BCUT2D eigenvalue weighted by Gasteiger charge is -2.10. The quantitative estimate of drug-likeness (QED) is 0.622. The molecule has 2 aromatic rings. The van der Waals surface area contributed by atoms with Crippen LogP contribution in [-0.2, 0) is 14.3 Å². The van der Waals surface area contributed by atoms with Crippen LogP contribution in [0.5, 0.6) is 0 Å². The van der Waals surface area contributed by atoms with Gasteiger partial charge in [-0.15, -0.1) is 11.8 Å². The van der Waals surface area contributed by atoms with Crippen LogP contribution in [0.3, 0.4) is 0 Å². The fraction of sp³-hybridized carbons (Fsp3) is 0.300. The predicted molar refractivity (Wildman–Crippen MR) is 102 cm³/mol. The second kappa shape index (κ2) is 8.72. The molecule has 2 rings (SSSR count). The number of hydrogen-bond donors (Lipinski definition) is 1. The predicted octanol–water partition coefficient (Wildman–Crippen LogP) is 4.19. The number of hydrogen-bond acceptors (Lipinski definition) is 4. The molecule has 2 aromatic carbocycles. The van der Waals surface area contributed by atoms with Gasteiger partial charge in [-0.25, -0.2) is 0 Å². The van der Waals surface area contributed by atoms with Crippen LogP contribution in [-0.4, -0.2) is 24.2 Å². The minimum atomic E-state index is -0.403. The number of ether oxygens (including phenoxy) is 1. The molecule has 0 saturated heterocycles. The molecule has 0 radical (unpaired) electrons. The van der Waals surface area contributed by atoms with Gasteiger partial charge in [0.15, 0.2) is 6.61 Å². The Bertz CT molecular complexity index is 787. The van der Waals surface area contributed by atoms with Gasteiger partial charge >= 0.3 is 5.97 Å². The summed E-state index contributed by atoms with van der Waals surface area (Å²) < 4.78 is 5.05. The van der Waals surface area contributed by atoms with Gasteiger partial charge < -0.3 is 10.1 Å². The number of carbonyl (C=O) groups is 2. The lowest BCUT2D eigenvalue weighted by Crippen LogP contribution is -2.22. The normalized spacial score (nSPS) is 10.4. The molecular weight excluding hydrogens is 334 g/mol. The van der Waals surface area contributed by atoms with Crippen molar-refractivity contribution in [3.8, 4) is 0 Å². The van der Waals surface area contributed by atoms with E-state index in [0.29, 0.717) is 0 Å². The average molecular weight is 357 g/mol. The van der Waals surface area contributed by atoms with Gasteiger partial charge in [0.25, 0.3) is 5.91 Å². The van der Waals surface area contributed by atoms with Crippen molar-refractivity contribution >= 4 is 29.3 Å². The fourth-order valence-corrected chi connectivity index (χ4v) is 2.98. The zero-order valence-corrected chi connectivity index (χ0v) is 15.8. The minimum absolute atomic E-state index is 0.180. The van der Waals surface area contributed by atoms with Crippen molar-refractivity contribution in [3.63, 3.8) is 0 Å². The van der Waals surface area contributed by atoms with Crippen LogP contribution in [0, 0.1) is 27.7 Å². The number of carbonyl (C=O) groups excluding carboxylic acids is 2. The Morgan fingerprint density at radius 1 is 0.960 bits per heavy atom. The van der Waals surface area contributed by atoms with Crippen molar-refractivity contribution in [1.29, 1.82) is 0 Å². The maximum absolute atomic E-state index is 11.9. The van der Waals surface area contributed by atoms with Gasteiger partial charge in [0.05, 0.1) is 5.75 Å². The van der Waals surface area contributed by atoms with Crippen molar-refractivity contribution in [1.82, 2.24) is 0 Å². The van der Waals surface area contributed by atoms with Gasteiger partial charge in [0.2, 0.25) is 0 Å². The van der Waals surface area contributed by atoms with Gasteiger partial charge in [0, 0.05) is 10.6 Å². The molecule has 0 saturated carbocycles. The Kier molecular flexibility index (Phi) is 6.65. The zero-order valence-electron chi connectivity index (χ0n) is 15.0. The van der Waals surface area contributed by atoms with Crippen molar-refractivity contribution in [2.24, 2.45) is 0 Å². The van der Waals surface area contributed by atoms with Crippen LogP contribution in [0.4, 0.5) is 5.69 Å². The number of benzene rings is 2. The second-order valence-corrected chi connectivity index (χ2v) is 7.11. The molecule has 0 aromatic heterocycles. The molecule has 0 heterocycles. The van der Waals surface area contributed by atoms with E-state index < -0.39 is 5.97 Å². The highest BCUT2D eigenvalue weighted by Crippen LogP contribution is 2.21. The van der Waals surface area contributed by atoms with Crippen LogP contribution >= 0.6 is 11.8 Å². The lowest BCUT2D eigenvalue weighted by molar-refractivity contribution is -0.144. The minimum Gasteiger partial charge on any atom is -0.455 e. The van der Waals surface area contributed by atoms with E-state index >= 15 is 0 Å². The zero-order chi connectivity index (χ0) is 18.4. The first-order valence-corrected chi connectivity index (χ1v) is 9.06. The number of aryl methyl sites for hydroxylation is 4. The monoisotopic (exact) mass is 357 g/mol. The SMILES string of the molecule is Cc1ccc(C)c(NC(=O)COC(=O)CSc2ccc(C)c(C)c2)c1. The smallest absolute Gasteiger partial charge is 0.316 e. The summed E-state index contributed by atoms with van der Waals surface area (Å²) in [5.74, 6) is -0.559. The van der Waals surface area contributed by atoms with Crippen molar-refractivity contribution < 1.29 is 14.3 Å². The summed E-state index contributed by atoms with van der Waals surface area (Å²) in [6.07, 6.45) is 0. The van der Waals surface area contributed by atoms with Crippen molar-refractivity contribution in [2.45, 2.75) is 32.6 Å². The summed E-state index contributed by atoms with van der Waals surface area (Å²) >= 11 is 1.41. The number of rotatable bonds is 6. The molecule has 0 fully saturated rings. The number of thioether (sulfide) groups is 1. The molecular formula is C20H23NO3S. The number of anilines is 1. The number of esters is 1. The summed E-state index contributed by atoms with van der Waals surface area (Å²) in [7, 11) is 0. The second-order valence-electron chi connectivity index (χ2n) is 6.06. The van der Waals surface area contributed by atoms with Gasteiger partial charge in [-0.2, -0.15) is 0 Å². The fourth-order valence-electron chi connectivity index (χ4n) is 2.19. The molecule has 0 aliphatic heterocycles. The van der Waals surface area contributed by atoms with Crippen molar-refractivity contribution in [3.05, 3.63) is 58.7 Å². The first-order valence-electron chi connectivity index (χ1n) is 8.08. The average Bonchev–Trinajstić information content (AvgIpc) is 2.57. The highest BCUT2D eigenvalue weighted by Gasteiger charge is 2.10. The third kappa shape index (κ3) is 5.94.